The van der Waals surface area contributed by atoms with E-state index in [4.69, 9.17) is 4.74 Å². The van der Waals surface area contributed by atoms with Gasteiger partial charge in [0.2, 0.25) is 0 Å². The molecule has 0 saturated carbocycles. The first-order valence-electron chi connectivity index (χ1n) is 6.25. The smallest absolute Gasteiger partial charge is 0.305 e. The topological polar surface area (TPSA) is 55.4 Å². The van der Waals surface area contributed by atoms with Gasteiger partial charge >= 0.3 is 5.97 Å². The Morgan fingerprint density at radius 1 is 1.37 bits per heavy atom. The average Bonchev–Trinajstić information content (AvgIpc) is 2.38. The lowest BCUT2D eigenvalue weighted by molar-refractivity contribution is -0.143. The Morgan fingerprint density at radius 2 is 2.11 bits per heavy atom. The number of nitrogens with one attached hydrogen (secondary N) is 1. The summed E-state index contributed by atoms with van der Waals surface area (Å²) in [6.07, 6.45) is 0.711. The van der Waals surface area contributed by atoms with Crippen LogP contribution >= 0.6 is 0 Å². The monoisotopic (exact) mass is 267 g/mol. The summed E-state index contributed by atoms with van der Waals surface area (Å²) in [5.74, 6) is -1.27. The van der Waals surface area contributed by atoms with Crippen molar-refractivity contribution in [3.05, 3.63) is 35.1 Å². The van der Waals surface area contributed by atoms with Crippen LogP contribution in [0.25, 0.3) is 0 Å². The van der Waals surface area contributed by atoms with Gasteiger partial charge in [0.1, 0.15) is 5.82 Å². The number of ether oxygens (including phenoxy) is 1. The maximum atomic E-state index is 13.7. The van der Waals surface area contributed by atoms with Gasteiger partial charge in [-0.25, -0.2) is 4.39 Å². The summed E-state index contributed by atoms with van der Waals surface area (Å²) in [6.45, 7) is 4.00. The number of hydrogen-bond acceptors (Lipinski definition) is 3. The molecule has 0 unspecified atom stereocenters. The summed E-state index contributed by atoms with van der Waals surface area (Å²) >= 11 is 0. The second-order valence-electron chi connectivity index (χ2n) is 4.10. The molecule has 5 heteroatoms. The van der Waals surface area contributed by atoms with E-state index in [1.807, 2.05) is 0 Å². The fraction of sp³-hybridized carbons (Fsp3) is 0.429. The van der Waals surface area contributed by atoms with E-state index >= 15 is 0 Å². The molecule has 1 aromatic carbocycles. The van der Waals surface area contributed by atoms with Crippen molar-refractivity contribution in [3.8, 4) is 0 Å². The van der Waals surface area contributed by atoms with Crippen molar-refractivity contribution in [2.45, 2.75) is 26.7 Å². The second-order valence-corrected chi connectivity index (χ2v) is 4.10. The third kappa shape index (κ3) is 4.69. The van der Waals surface area contributed by atoms with E-state index in [1.165, 1.54) is 6.07 Å². The summed E-state index contributed by atoms with van der Waals surface area (Å²) in [4.78, 5) is 22.8. The number of amides is 1. The van der Waals surface area contributed by atoms with E-state index < -0.39 is 11.7 Å². The van der Waals surface area contributed by atoms with E-state index in [0.717, 1.165) is 0 Å². The van der Waals surface area contributed by atoms with Crippen molar-refractivity contribution in [1.82, 2.24) is 5.32 Å². The van der Waals surface area contributed by atoms with Gasteiger partial charge in [-0.2, -0.15) is 0 Å². The molecular formula is C14H18FNO3. The number of esters is 1. The summed E-state index contributed by atoms with van der Waals surface area (Å²) in [6, 6.07) is 4.67. The Kier molecular flexibility index (Phi) is 5.99. The normalized spacial score (nSPS) is 10.1. The van der Waals surface area contributed by atoms with Gasteiger partial charge < -0.3 is 10.1 Å². The lowest BCUT2D eigenvalue weighted by Gasteiger charge is -2.07. The fourth-order valence-electron chi connectivity index (χ4n) is 1.59. The molecule has 0 saturated heterocycles. The number of halogens is 1. The highest BCUT2D eigenvalue weighted by Gasteiger charge is 2.12. The molecule has 1 amide bonds. The molecule has 1 rings (SSSR count). The number of carbonyl (C=O) groups is 2. The summed E-state index contributed by atoms with van der Waals surface area (Å²) in [5, 5.41) is 2.58. The molecule has 4 nitrogen and oxygen atoms in total. The first-order chi connectivity index (χ1) is 9.06. The largest absolute Gasteiger partial charge is 0.466 e. The van der Waals surface area contributed by atoms with Crippen LogP contribution in [0.5, 0.6) is 0 Å². The highest BCUT2D eigenvalue weighted by Crippen LogP contribution is 2.11. The zero-order chi connectivity index (χ0) is 14.3. The standard InChI is InChI=1S/C14H18FNO3/c1-3-19-12(17)8-5-9-16-14(18)11-7-4-6-10(2)13(11)15/h4,6-7H,3,5,8-9H2,1-2H3,(H,16,18). The van der Waals surface area contributed by atoms with E-state index in [-0.39, 0.29) is 18.0 Å². The molecular weight excluding hydrogens is 249 g/mol. The SMILES string of the molecule is CCOC(=O)CCCNC(=O)c1cccc(C)c1F. The Hall–Kier alpha value is -1.91. The number of rotatable bonds is 6. The fourth-order valence-corrected chi connectivity index (χ4v) is 1.59. The van der Waals surface area contributed by atoms with Crippen LogP contribution in [-0.2, 0) is 9.53 Å². The molecule has 0 radical (unpaired) electrons. The van der Waals surface area contributed by atoms with Gasteiger partial charge in [0.25, 0.3) is 5.91 Å². The molecule has 0 atom stereocenters. The molecule has 19 heavy (non-hydrogen) atoms. The molecule has 0 aliphatic heterocycles. The minimum Gasteiger partial charge on any atom is -0.466 e. The first kappa shape index (κ1) is 15.1. The zero-order valence-corrected chi connectivity index (χ0v) is 11.2. The van der Waals surface area contributed by atoms with Crippen molar-refractivity contribution in [2.75, 3.05) is 13.2 Å². The predicted octanol–water partition coefficient (Wildman–Crippen LogP) is 2.21. The lowest BCUT2D eigenvalue weighted by Crippen LogP contribution is -2.26. The zero-order valence-electron chi connectivity index (χ0n) is 11.2. The second kappa shape index (κ2) is 7.51. The van der Waals surface area contributed by atoms with Gasteiger partial charge in [-0.1, -0.05) is 12.1 Å². The Labute approximate surface area is 112 Å². The van der Waals surface area contributed by atoms with Gasteiger partial charge in [-0.3, -0.25) is 9.59 Å². The molecule has 0 aromatic heterocycles. The lowest BCUT2D eigenvalue weighted by atomic mass is 10.1. The number of carbonyl (C=O) groups excluding carboxylic acids is 2. The van der Waals surface area contributed by atoms with Crippen LogP contribution in [0, 0.1) is 12.7 Å². The summed E-state index contributed by atoms with van der Waals surface area (Å²) in [5.41, 5.74) is 0.454. The molecule has 0 aliphatic rings. The molecule has 104 valence electrons. The van der Waals surface area contributed by atoms with E-state index in [0.29, 0.717) is 25.1 Å². The number of benzene rings is 1. The van der Waals surface area contributed by atoms with Gasteiger partial charge in [-0.05, 0) is 31.9 Å². The highest BCUT2D eigenvalue weighted by atomic mass is 19.1. The number of aryl methyl sites for hydroxylation is 1. The molecule has 0 spiro atoms. The molecule has 1 N–H and O–H groups in total. The molecule has 0 heterocycles. The molecule has 0 fully saturated rings. The van der Waals surface area contributed by atoms with Gasteiger partial charge in [0.15, 0.2) is 0 Å². The van der Waals surface area contributed by atoms with Crippen LogP contribution in [0.2, 0.25) is 0 Å². The first-order valence-corrected chi connectivity index (χ1v) is 6.25. The van der Waals surface area contributed by atoms with Crippen molar-refractivity contribution in [2.24, 2.45) is 0 Å². The van der Waals surface area contributed by atoms with Crippen LogP contribution in [0.1, 0.15) is 35.7 Å². The highest BCUT2D eigenvalue weighted by molar-refractivity contribution is 5.94. The van der Waals surface area contributed by atoms with Crippen LogP contribution in [0.15, 0.2) is 18.2 Å². The Bertz CT molecular complexity index is 460. The van der Waals surface area contributed by atoms with Crippen molar-refractivity contribution in [3.63, 3.8) is 0 Å². The van der Waals surface area contributed by atoms with Crippen LogP contribution in [-0.4, -0.2) is 25.0 Å². The summed E-state index contributed by atoms with van der Waals surface area (Å²) < 4.78 is 18.4. The Balaban J connectivity index is 2.40. The Morgan fingerprint density at radius 3 is 2.79 bits per heavy atom. The van der Waals surface area contributed by atoms with Crippen LogP contribution in [0.4, 0.5) is 4.39 Å². The predicted molar refractivity (Wildman–Crippen MR) is 69.3 cm³/mol. The third-order valence-electron chi connectivity index (χ3n) is 2.58. The van der Waals surface area contributed by atoms with Crippen LogP contribution < -0.4 is 5.32 Å². The van der Waals surface area contributed by atoms with Crippen molar-refractivity contribution < 1.29 is 18.7 Å². The van der Waals surface area contributed by atoms with Gasteiger partial charge in [-0.15, -0.1) is 0 Å². The number of hydrogen-bond donors (Lipinski definition) is 1. The minimum atomic E-state index is -0.509. The third-order valence-corrected chi connectivity index (χ3v) is 2.58. The maximum Gasteiger partial charge on any atom is 0.305 e. The molecule has 1 aromatic rings. The minimum absolute atomic E-state index is 0.0242. The van der Waals surface area contributed by atoms with Gasteiger partial charge in [0, 0.05) is 13.0 Å². The van der Waals surface area contributed by atoms with Crippen LogP contribution in [0.3, 0.4) is 0 Å². The summed E-state index contributed by atoms with van der Waals surface area (Å²) in [7, 11) is 0. The molecule has 0 aliphatic carbocycles. The maximum absolute atomic E-state index is 13.7. The molecule has 0 bridgehead atoms. The quantitative estimate of drug-likeness (QED) is 0.635. The van der Waals surface area contributed by atoms with E-state index in [1.54, 1.807) is 26.0 Å². The van der Waals surface area contributed by atoms with Gasteiger partial charge in [0.05, 0.1) is 12.2 Å². The van der Waals surface area contributed by atoms with Crippen molar-refractivity contribution >= 4 is 11.9 Å². The van der Waals surface area contributed by atoms with Crippen molar-refractivity contribution in [1.29, 1.82) is 0 Å². The van der Waals surface area contributed by atoms with E-state index in [9.17, 15) is 14.0 Å². The van der Waals surface area contributed by atoms with E-state index in [2.05, 4.69) is 5.32 Å². The average molecular weight is 267 g/mol.